The summed E-state index contributed by atoms with van der Waals surface area (Å²) in [5.74, 6) is -0.177. The van der Waals surface area contributed by atoms with Crippen molar-refractivity contribution in [3.63, 3.8) is 0 Å². The smallest absolute Gasteiger partial charge is 0.250 e. The molecule has 0 bridgehead atoms. The number of thiocarbonyl (C=S) groups is 1. The number of methoxy groups -OCH3 is 1. The summed E-state index contributed by atoms with van der Waals surface area (Å²) in [7, 11) is 1.51. The molecule has 0 radical (unpaired) electrons. The Morgan fingerprint density at radius 1 is 1.16 bits per heavy atom. The second-order valence-electron chi connectivity index (χ2n) is 10.1. The summed E-state index contributed by atoms with van der Waals surface area (Å²) in [4.78, 5) is 19.0. The lowest BCUT2D eigenvalue weighted by Gasteiger charge is -2.29. The summed E-state index contributed by atoms with van der Waals surface area (Å²) in [6, 6.07) is 14.8. The molecule has 2 fully saturated rings. The molecule has 0 spiro atoms. The van der Waals surface area contributed by atoms with Crippen molar-refractivity contribution in [2.75, 3.05) is 23.9 Å². The van der Waals surface area contributed by atoms with Gasteiger partial charge in [0.05, 0.1) is 17.8 Å². The molecule has 2 atom stereocenters. The van der Waals surface area contributed by atoms with Crippen molar-refractivity contribution in [2.24, 2.45) is 0 Å². The fourth-order valence-corrected chi connectivity index (χ4v) is 6.38. The van der Waals surface area contributed by atoms with E-state index in [1.54, 1.807) is 0 Å². The molecule has 1 aliphatic carbocycles. The van der Waals surface area contributed by atoms with Crippen LogP contribution in [0.25, 0.3) is 0 Å². The maximum atomic E-state index is 12.1. The highest BCUT2D eigenvalue weighted by atomic mass is 32.1. The molecule has 1 saturated heterocycles. The van der Waals surface area contributed by atoms with Gasteiger partial charge in [-0.15, -0.1) is 0 Å². The SMILES string of the molecule is COCC(=O)Nc1ccc(N2C(=S)N[C@H](c3ccccn3)[C@H]2c2cc(C)n(C3CCCC3)c2C)cc1C. The molecule has 3 aromatic rings. The highest BCUT2D eigenvalue weighted by molar-refractivity contribution is 7.80. The quantitative estimate of drug-likeness (QED) is 0.393. The number of carbonyl (C=O) groups excluding carboxylic acids is 1. The minimum absolute atomic E-state index is 0.0196. The third kappa shape index (κ3) is 4.88. The van der Waals surface area contributed by atoms with E-state index >= 15 is 0 Å². The van der Waals surface area contributed by atoms with Gasteiger partial charge >= 0.3 is 0 Å². The van der Waals surface area contributed by atoms with Gasteiger partial charge in [0.1, 0.15) is 6.61 Å². The number of nitrogens with one attached hydrogen (secondary N) is 2. The number of pyridine rings is 1. The van der Waals surface area contributed by atoms with Crippen LogP contribution in [0.2, 0.25) is 0 Å². The van der Waals surface area contributed by atoms with Gasteiger partial charge in [0.15, 0.2) is 5.11 Å². The average molecular weight is 518 g/mol. The fourth-order valence-electron chi connectivity index (χ4n) is 6.03. The molecule has 37 heavy (non-hydrogen) atoms. The first-order chi connectivity index (χ1) is 17.9. The van der Waals surface area contributed by atoms with E-state index in [2.05, 4.69) is 52.1 Å². The van der Waals surface area contributed by atoms with Crippen LogP contribution in [0.15, 0.2) is 48.7 Å². The molecule has 2 aliphatic rings. The number of amides is 1. The molecule has 8 heteroatoms. The van der Waals surface area contributed by atoms with Crippen LogP contribution in [0.4, 0.5) is 11.4 Å². The van der Waals surface area contributed by atoms with E-state index in [0.29, 0.717) is 11.2 Å². The van der Waals surface area contributed by atoms with Crippen LogP contribution in [-0.2, 0) is 9.53 Å². The van der Waals surface area contributed by atoms with Crippen molar-refractivity contribution in [3.05, 3.63) is 76.9 Å². The molecule has 1 saturated carbocycles. The summed E-state index contributed by atoms with van der Waals surface area (Å²) in [5.41, 5.74) is 7.53. The van der Waals surface area contributed by atoms with Gasteiger partial charge in [0.25, 0.3) is 0 Å². The van der Waals surface area contributed by atoms with Crippen molar-refractivity contribution in [1.29, 1.82) is 0 Å². The van der Waals surface area contributed by atoms with Gasteiger partial charge < -0.3 is 24.8 Å². The van der Waals surface area contributed by atoms with Crippen LogP contribution in [0.5, 0.6) is 0 Å². The van der Waals surface area contributed by atoms with Crippen molar-refractivity contribution in [2.45, 2.75) is 64.6 Å². The lowest BCUT2D eigenvalue weighted by atomic mass is 9.96. The molecule has 5 rings (SSSR count). The van der Waals surface area contributed by atoms with E-state index < -0.39 is 0 Å². The number of nitrogens with zero attached hydrogens (tertiary/aromatic N) is 3. The van der Waals surface area contributed by atoms with E-state index in [0.717, 1.165) is 22.6 Å². The number of rotatable bonds is 7. The van der Waals surface area contributed by atoms with Gasteiger partial charge in [-0.3, -0.25) is 9.78 Å². The number of aryl methyl sites for hydroxylation is 2. The molecule has 1 aromatic carbocycles. The van der Waals surface area contributed by atoms with E-state index in [1.807, 2.05) is 37.4 Å². The number of hydrogen-bond acceptors (Lipinski definition) is 4. The van der Waals surface area contributed by atoms with Crippen LogP contribution in [0.1, 0.15) is 72.0 Å². The lowest BCUT2D eigenvalue weighted by molar-refractivity contribution is -0.119. The summed E-state index contributed by atoms with van der Waals surface area (Å²) in [6.45, 7) is 6.48. The molecule has 2 N–H and O–H groups in total. The van der Waals surface area contributed by atoms with E-state index in [9.17, 15) is 4.79 Å². The van der Waals surface area contributed by atoms with Crippen molar-refractivity contribution < 1.29 is 9.53 Å². The zero-order chi connectivity index (χ0) is 26.1. The predicted molar refractivity (Wildman–Crippen MR) is 151 cm³/mol. The molecule has 0 unspecified atom stereocenters. The molecule has 2 aromatic heterocycles. The van der Waals surface area contributed by atoms with Crippen LogP contribution in [0, 0.1) is 20.8 Å². The van der Waals surface area contributed by atoms with Gasteiger partial charge in [-0.25, -0.2) is 0 Å². The molecule has 1 amide bonds. The first kappa shape index (κ1) is 25.4. The first-order valence-electron chi connectivity index (χ1n) is 13.0. The Kier molecular flexibility index (Phi) is 7.31. The second-order valence-corrected chi connectivity index (χ2v) is 10.5. The molecular weight excluding hydrogens is 482 g/mol. The maximum Gasteiger partial charge on any atom is 0.250 e. The minimum atomic E-state index is -0.177. The van der Waals surface area contributed by atoms with Gasteiger partial charge in [0, 0.05) is 42.1 Å². The highest BCUT2D eigenvalue weighted by Crippen LogP contribution is 2.45. The van der Waals surface area contributed by atoms with E-state index in [4.69, 9.17) is 21.9 Å². The van der Waals surface area contributed by atoms with Crippen LogP contribution < -0.4 is 15.5 Å². The number of hydrogen-bond donors (Lipinski definition) is 2. The number of benzene rings is 1. The van der Waals surface area contributed by atoms with Crippen molar-refractivity contribution in [3.8, 4) is 0 Å². The normalized spacial score (nSPS) is 19.9. The average Bonchev–Trinajstić information content (AvgIpc) is 3.59. The van der Waals surface area contributed by atoms with Crippen LogP contribution in [0.3, 0.4) is 0 Å². The van der Waals surface area contributed by atoms with Gasteiger partial charge in [-0.1, -0.05) is 18.9 Å². The minimum Gasteiger partial charge on any atom is -0.375 e. The first-order valence-corrected chi connectivity index (χ1v) is 13.4. The van der Waals surface area contributed by atoms with Crippen LogP contribution in [-0.4, -0.2) is 34.3 Å². The molecule has 7 nitrogen and oxygen atoms in total. The summed E-state index contributed by atoms with van der Waals surface area (Å²) in [6.07, 6.45) is 6.89. The molecule has 3 heterocycles. The number of ether oxygens (including phenoxy) is 1. The maximum absolute atomic E-state index is 12.1. The number of anilines is 2. The van der Waals surface area contributed by atoms with Gasteiger partial charge in [0.2, 0.25) is 5.91 Å². The molecular formula is C29H35N5O2S. The zero-order valence-electron chi connectivity index (χ0n) is 22.0. The second kappa shape index (κ2) is 10.6. The number of aromatic nitrogens is 2. The Bertz CT molecular complexity index is 1300. The Morgan fingerprint density at radius 3 is 2.62 bits per heavy atom. The lowest BCUT2D eigenvalue weighted by Crippen LogP contribution is -2.29. The van der Waals surface area contributed by atoms with Crippen molar-refractivity contribution >= 4 is 34.6 Å². The third-order valence-electron chi connectivity index (χ3n) is 7.67. The fraction of sp³-hybridized carbons (Fsp3) is 0.414. The zero-order valence-corrected chi connectivity index (χ0v) is 22.8. The van der Waals surface area contributed by atoms with Gasteiger partial charge in [-0.2, -0.15) is 0 Å². The Hall–Kier alpha value is -3.23. The Balaban J connectivity index is 1.57. The topological polar surface area (TPSA) is 71.4 Å². The summed E-state index contributed by atoms with van der Waals surface area (Å²) in [5, 5.41) is 7.17. The van der Waals surface area contributed by atoms with Gasteiger partial charge in [-0.05, 0) is 93.4 Å². The highest BCUT2D eigenvalue weighted by Gasteiger charge is 2.42. The standard InChI is InChI=1S/C29H35N5O2S/c1-18-15-22(12-13-24(18)31-26(35)17-36-4)34-28(27(32-29(34)37)25-11-7-8-14-30-25)23-16-19(2)33(20(23)3)21-9-5-6-10-21/h7-8,11-16,21,27-28H,5-6,9-10,17H2,1-4H3,(H,31,35)(H,32,37)/t27-,28-/m1/s1. The largest absolute Gasteiger partial charge is 0.375 e. The summed E-state index contributed by atoms with van der Waals surface area (Å²) < 4.78 is 7.50. The van der Waals surface area contributed by atoms with E-state index in [1.165, 1.54) is 49.7 Å². The van der Waals surface area contributed by atoms with E-state index in [-0.39, 0.29) is 24.6 Å². The third-order valence-corrected chi connectivity index (χ3v) is 7.98. The van der Waals surface area contributed by atoms with Crippen molar-refractivity contribution in [1.82, 2.24) is 14.9 Å². The van der Waals surface area contributed by atoms with Crippen LogP contribution >= 0.6 is 12.2 Å². The Morgan fingerprint density at radius 2 is 1.95 bits per heavy atom. The Labute approximate surface area is 224 Å². The number of carbonyl (C=O) groups is 1. The molecule has 194 valence electrons. The molecule has 1 aliphatic heterocycles. The monoisotopic (exact) mass is 517 g/mol. The summed E-state index contributed by atoms with van der Waals surface area (Å²) >= 11 is 5.94. The predicted octanol–water partition coefficient (Wildman–Crippen LogP) is 5.69.